The molecule has 0 spiro atoms. The molecule has 6 aromatic rings. The normalized spacial score (nSPS) is 15.2. The van der Waals surface area contributed by atoms with Crippen LogP contribution in [0.2, 0.25) is 0 Å². The molecule has 0 radical (unpaired) electrons. The van der Waals surface area contributed by atoms with E-state index in [4.69, 9.17) is 11.5 Å². The molecule has 0 aliphatic carbocycles. The van der Waals surface area contributed by atoms with Gasteiger partial charge < -0.3 is 46.3 Å². The Balaban J connectivity index is 0.000000247. The van der Waals surface area contributed by atoms with Gasteiger partial charge in [-0.3, -0.25) is 14.5 Å². The lowest BCUT2D eigenvalue weighted by molar-refractivity contribution is 0.0280. The van der Waals surface area contributed by atoms with E-state index in [1.807, 2.05) is 48.5 Å². The minimum absolute atomic E-state index is 0. The van der Waals surface area contributed by atoms with Crippen LogP contribution in [0.1, 0.15) is 86.5 Å². The molecule has 0 bridgehead atoms. The molecule has 0 unspecified atom stereocenters. The number of H-pyrrole nitrogens is 2. The number of halogens is 5. The van der Waals surface area contributed by atoms with E-state index in [1.54, 1.807) is 58.6 Å². The summed E-state index contributed by atoms with van der Waals surface area (Å²) in [6, 6.07) is 22.1. The quantitative estimate of drug-likeness (QED) is 0.0650. The van der Waals surface area contributed by atoms with Gasteiger partial charge in [-0.05, 0) is 107 Å². The summed E-state index contributed by atoms with van der Waals surface area (Å²) in [7, 11) is 0. The second-order valence-corrected chi connectivity index (χ2v) is 20.0. The summed E-state index contributed by atoms with van der Waals surface area (Å²) in [6.07, 6.45) is -5.72. The summed E-state index contributed by atoms with van der Waals surface area (Å²) in [4.78, 5) is 63.2. The molecule has 4 heterocycles. The van der Waals surface area contributed by atoms with Crippen molar-refractivity contribution in [3.05, 3.63) is 119 Å². The van der Waals surface area contributed by atoms with Crippen LogP contribution in [0.15, 0.2) is 84.9 Å². The van der Waals surface area contributed by atoms with E-state index < -0.39 is 66.0 Å². The number of aromatic amines is 2. The number of amides is 4. The van der Waals surface area contributed by atoms with Crippen molar-refractivity contribution in [1.29, 1.82) is 0 Å². The van der Waals surface area contributed by atoms with E-state index in [1.165, 1.54) is 29.2 Å². The molecule has 0 fully saturated rings. The molecular weight excluding hydrogens is 944 g/mol. The Kier molecular flexibility index (Phi) is 16.2. The van der Waals surface area contributed by atoms with Gasteiger partial charge in [-0.1, -0.05) is 48.5 Å². The van der Waals surface area contributed by atoms with Crippen LogP contribution in [0.25, 0.3) is 44.1 Å². The summed E-state index contributed by atoms with van der Waals surface area (Å²) in [5.74, 6) is -1.48. The monoisotopic (exact) mass is 1000 g/mol. The van der Waals surface area contributed by atoms with Crippen molar-refractivity contribution in [2.45, 2.75) is 103 Å². The molecule has 2 aliphatic rings. The number of aromatic nitrogens is 2. The number of hydrogen-bond donors (Lipinski definition) is 6. The number of nitrogens with one attached hydrogen (secondary N) is 2. The Morgan fingerprint density at radius 3 is 1.58 bits per heavy atom. The van der Waals surface area contributed by atoms with Crippen LogP contribution < -0.4 is 11.5 Å². The summed E-state index contributed by atoms with van der Waals surface area (Å²) in [5.41, 5.74) is 16.1. The topological polar surface area (TPSA) is 205 Å². The Morgan fingerprint density at radius 2 is 1.15 bits per heavy atom. The number of nitrogens with zero attached hydrogens (tertiary/aromatic N) is 4. The van der Waals surface area contributed by atoms with Crippen LogP contribution in [-0.4, -0.2) is 125 Å². The predicted molar refractivity (Wildman–Crippen MR) is 268 cm³/mol. The third kappa shape index (κ3) is 11.6. The van der Waals surface area contributed by atoms with Crippen LogP contribution in [-0.2, 0) is 13.1 Å². The number of rotatable bonds is 12. The predicted octanol–water partition coefficient (Wildman–Crippen LogP) is 9.95. The van der Waals surface area contributed by atoms with Crippen molar-refractivity contribution in [1.82, 2.24) is 29.6 Å². The number of alkyl halides is 2. The van der Waals surface area contributed by atoms with Crippen LogP contribution in [0.3, 0.4) is 0 Å². The molecule has 8 rings (SSSR count). The summed E-state index contributed by atoms with van der Waals surface area (Å²) >= 11 is 0. The first-order valence-corrected chi connectivity index (χ1v) is 23.1. The fourth-order valence-electron chi connectivity index (χ4n) is 9.67. The molecule has 2 aliphatic heterocycles. The van der Waals surface area contributed by atoms with Crippen molar-refractivity contribution in [2.75, 3.05) is 26.2 Å². The minimum atomic E-state index is -1.71. The molecular formula is C52H61ClF4N8O6. The second-order valence-electron chi connectivity index (χ2n) is 20.0. The number of benzene rings is 4. The highest BCUT2D eigenvalue weighted by molar-refractivity contribution is 6.12. The molecule has 8 N–H and O–H groups in total. The van der Waals surface area contributed by atoms with Crippen LogP contribution in [0.5, 0.6) is 0 Å². The van der Waals surface area contributed by atoms with Gasteiger partial charge in [0.05, 0.1) is 12.6 Å². The van der Waals surface area contributed by atoms with Crippen LogP contribution in [0, 0.1) is 11.6 Å². The van der Waals surface area contributed by atoms with Crippen molar-refractivity contribution >= 4 is 58.2 Å². The lowest BCUT2D eigenvalue weighted by Crippen LogP contribution is -2.57. The molecule has 4 atom stereocenters. The lowest BCUT2D eigenvalue weighted by Gasteiger charge is -2.42. The molecule has 0 saturated carbocycles. The van der Waals surface area contributed by atoms with Crippen LogP contribution >= 0.6 is 12.4 Å². The maximum Gasteiger partial charge on any atom is 0.408 e. The summed E-state index contributed by atoms with van der Waals surface area (Å²) in [5, 5.41) is 21.1. The van der Waals surface area contributed by atoms with Crippen molar-refractivity contribution in [2.24, 2.45) is 11.5 Å². The standard InChI is InChI=1S/C31H38F2N4O5.C21H22F2N4O.ClH/c1-30(2,3)36(28(39)40)16-20(33)13-21(37(29(41)42)31(4,5)6)17-35-15-18-9-7-8-10-22(18)25-23-14-19(32)11-12-24(23)34-26(25)27(35)38;22-13-5-6-18-17(8-13)19-16-4-2-1-3-12(16)10-27(21(28)20(19)26-18)11-15(25)7-14(23)9-24;/h7-12,14,20-21,34H,13,15-17H2,1-6H3,(H,39,40)(H,41,42);1-6,8,14-15,26H,7,9-11,24-25H2;1H/t20-,21-;14-,15-;/m00./s1. The van der Waals surface area contributed by atoms with Crippen molar-refractivity contribution in [3.63, 3.8) is 0 Å². The smallest absolute Gasteiger partial charge is 0.408 e. The van der Waals surface area contributed by atoms with E-state index in [0.29, 0.717) is 45.2 Å². The second kappa shape index (κ2) is 21.4. The van der Waals surface area contributed by atoms with E-state index in [9.17, 15) is 42.6 Å². The number of hydrogen-bond acceptors (Lipinski definition) is 6. The van der Waals surface area contributed by atoms with Gasteiger partial charge in [0.1, 0.15) is 35.4 Å². The number of carboxylic acid groups (broad SMARTS) is 2. The first-order chi connectivity index (χ1) is 33.0. The van der Waals surface area contributed by atoms with Gasteiger partial charge in [-0.2, -0.15) is 0 Å². The first kappa shape index (κ1) is 53.7. The Labute approximate surface area is 415 Å². The van der Waals surface area contributed by atoms with Gasteiger partial charge >= 0.3 is 12.2 Å². The number of nitrogens with two attached hydrogens (primary N) is 2. The van der Waals surface area contributed by atoms with Crippen LogP contribution in [0.4, 0.5) is 27.2 Å². The van der Waals surface area contributed by atoms with Gasteiger partial charge in [-0.15, -0.1) is 12.4 Å². The van der Waals surface area contributed by atoms with E-state index in [2.05, 4.69) is 9.97 Å². The zero-order valence-electron chi connectivity index (χ0n) is 40.4. The highest BCUT2D eigenvalue weighted by Gasteiger charge is 2.40. The highest BCUT2D eigenvalue weighted by Crippen LogP contribution is 2.40. The zero-order chi connectivity index (χ0) is 51.0. The number of carbonyl (C=O) groups is 4. The molecule has 0 saturated heterocycles. The molecule has 4 amide bonds. The molecule has 4 aromatic carbocycles. The Bertz CT molecular complexity index is 2930. The molecule has 14 nitrogen and oxygen atoms in total. The van der Waals surface area contributed by atoms with Gasteiger partial charge in [0.2, 0.25) is 0 Å². The number of carbonyl (C=O) groups excluding carboxylic acids is 2. The van der Waals surface area contributed by atoms with E-state index in [-0.39, 0.29) is 68.8 Å². The van der Waals surface area contributed by atoms with Crippen molar-refractivity contribution in [3.8, 4) is 22.3 Å². The van der Waals surface area contributed by atoms with Gasteiger partial charge in [-0.25, -0.2) is 27.2 Å². The van der Waals surface area contributed by atoms with E-state index >= 15 is 4.39 Å². The highest BCUT2D eigenvalue weighted by atomic mass is 35.5. The lowest BCUT2D eigenvalue weighted by atomic mass is 9.97. The minimum Gasteiger partial charge on any atom is -0.465 e. The fraction of sp³-hybridized carbons (Fsp3) is 0.385. The zero-order valence-corrected chi connectivity index (χ0v) is 41.3. The average molecular weight is 1010 g/mol. The maximum atomic E-state index is 15.7. The van der Waals surface area contributed by atoms with Gasteiger partial charge in [0.15, 0.2) is 0 Å². The number of fused-ring (bicyclic) bond motifs is 10. The van der Waals surface area contributed by atoms with Gasteiger partial charge in [0.25, 0.3) is 11.8 Å². The Hall–Kier alpha value is -6.63. The Morgan fingerprint density at radius 1 is 0.690 bits per heavy atom. The third-order valence-corrected chi connectivity index (χ3v) is 12.8. The largest absolute Gasteiger partial charge is 0.465 e. The summed E-state index contributed by atoms with van der Waals surface area (Å²) < 4.78 is 57.5. The molecule has 71 heavy (non-hydrogen) atoms. The maximum absolute atomic E-state index is 15.7. The SMILES string of the molecule is CC(C)(C)N(C[C@@H](F)C[C@@H](CN1Cc2ccccc2-c2c([nH]c3ccc(F)cc23)C1=O)N(C(=O)O)C(C)(C)C)C(=O)O.Cl.NC[C@@H](F)C[C@H](N)CN1Cc2ccccc2-c2c([nH]c3ccc(F)cc23)C1=O. The molecule has 19 heteroatoms. The van der Waals surface area contributed by atoms with Crippen molar-refractivity contribution < 1.29 is 47.0 Å². The fourth-order valence-corrected chi connectivity index (χ4v) is 9.67. The summed E-state index contributed by atoms with van der Waals surface area (Å²) in [6.45, 7) is 9.98. The van der Waals surface area contributed by atoms with Gasteiger partial charge in [0, 0.05) is 89.2 Å². The molecule has 2 aromatic heterocycles. The van der Waals surface area contributed by atoms with E-state index in [0.717, 1.165) is 32.1 Å². The average Bonchev–Trinajstić information content (AvgIpc) is 3.78. The third-order valence-electron chi connectivity index (χ3n) is 12.8. The molecule has 380 valence electrons. The first-order valence-electron chi connectivity index (χ1n) is 23.1.